The molecular formula is C15H21N3O3. The van der Waals surface area contributed by atoms with E-state index in [1.54, 1.807) is 19.1 Å². The van der Waals surface area contributed by atoms with Crippen molar-refractivity contribution in [1.29, 1.82) is 0 Å². The maximum absolute atomic E-state index is 11.5. The molecule has 1 aromatic carbocycles. The number of ether oxygens (including phenoxy) is 1. The highest BCUT2D eigenvalue weighted by Crippen LogP contribution is 2.14. The second kappa shape index (κ2) is 8.63. The third-order valence-electron chi connectivity index (χ3n) is 2.65. The van der Waals surface area contributed by atoms with E-state index in [1.807, 2.05) is 19.2 Å². The Labute approximate surface area is 124 Å². The number of carbonyl (C=O) groups is 2. The molecule has 21 heavy (non-hydrogen) atoms. The van der Waals surface area contributed by atoms with Gasteiger partial charge < -0.3 is 20.7 Å². The van der Waals surface area contributed by atoms with E-state index < -0.39 is 6.09 Å². The van der Waals surface area contributed by atoms with Gasteiger partial charge >= 0.3 is 6.09 Å². The fraction of sp³-hybridized carbons (Fsp3) is 0.333. The molecule has 0 bridgehead atoms. The lowest BCUT2D eigenvalue weighted by Crippen LogP contribution is -2.31. The number of amides is 2. The fourth-order valence-electron chi connectivity index (χ4n) is 1.46. The molecule has 0 heterocycles. The fourth-order valence-corrected chi connectivity index (χ4v) is 1.46. The summed E-state index contributed by atoms with van der Waals surface area (Å²) in [6, 6.07) is 7.04. The van der Waals surface area contributed by atoms with E-state index in [0.29, 0.717) is 30.8 Å². The molecule has 0 aliphatic rings. The quantitative estimate of drug-likeness (QED) is 0.529. The number of carbonyl (C=O) groups excluding carboxylic acids is 2. The van der Waals surface area contributed by atoms with Crippen molar-refractivity contribution in [3.8, 4) is 5.75 Å². The van der Waals surface area contributed by atoms with E-state index in [1.165, 1.54) is 0 Å². The largest absolute Gasteiger partial charge is 0.412 e. The molecule has 1 rings (SSSR count). The predicted molar refractivity (Wildman–Crippen MR) is 82.5 cm³/mol. The van der Waals surface area contributed by atoms with Gasteiger partial charge in [-0.3, -0.25) is 4.79 Å². The van der Waals surface area contributed by atoms with Gasteiger partial charge in [0, 0.05) is 31.4 Å². The SMILES string of the molecule is C=C(C)C(=O)NCCCNC(=O)Oc1ccc(NC)cc1. The molecule has 0 saturated carbocycles. The first-order valence-electron chi connectivity index (χ1n) is 6.70. The van der Waals surface area contributed by atoms with E-state index in [-0.39, 0.29) is 5.91 Å². The van der Waals surface area contributed by atoms with Crippen molar-refractivity contribution in [3.05, 3.63) is 36.4 Å². The van der Waals surface area contributed by atoms with E-state index in [9.17, 15) is 9.59 Å². The Hall–Kier alpha value is -2.50. The zero-order valence-corrected chi connectivity index (χ0v) is 12.4. The summed E-state index contributed by atoms with van der Waals surface area (Å²) in [6.07, 6.45) is 0.103. The first kappa shape index (κ1) is 16.6. The van der Waals surface area contributed by atoms with Gasteiger partial charge in [0.15, 0.2) is 0 Å². The topological polar surface area (TPSA) is 79.5 Å². The van der Waals surface area contributed by atoms with Gasteiger partial charge in [-0.25, -0.2) is 4.79 Å². The summed E-state index contributed by atoms with van der Waals surface area (Å²) >= 11 is 0. The van der Waals surface area contributed by atoms with Crippen LogP contribution >= 0.6 is 0 Å². The van der Waals surface area contributed by atoms with Crippen molar-refractivity contribution >= 4 is 17.7 Å². The second-order valence-electron chi connectivity index (χ2n) is 4.48. The average Bonchev–Trinajstić information content (AvgIpc) is 2.47. The molecular weight excluding hydrogens is 270 g/mol. The smallest absolute Gasteiger partial charge is 0.410 e. The van der Waals surface area contributed by atoms with Crippen LogP contribution in [-0.2, 0) is 4.79 Å². The van der Waals surface area contributed by atoms with Crippen LogP contribution in [0.4, 0.5) is 10.5 Å². The van der Waals surface area contributed by atoms with Crippen LogP contribution in [0, 0.1) is 0 Å². The lowest BCUT2D eigenvalue weighted by atomic mass is 10.3. The van der Waals surface area contributed by atoms with E-state index in [0.717, 1.165) is 5.69 Å². The average molecular weight is 291 g/mol. The monoisotopic (exact) mass is 291 g/mol. The van der Waals surface area contributed by atoms with Crippen molar-refractivity contribution in [1.82, 2.24) is 10.6 Å². The molecule has 114 valence electrons. The van der Waals surface area contributed by atoms with Crippen LogP contribution in [0.5, 0.6) is 5.75 Å². The molecule has 0 saturated heterocycles. The van der Waals surface area contributed by atoms with Gasteiger partial charge in [-0.2, -0.15) is 0 Å². The minimum absolute atomic E-state index is 0.179. The third-order valence-corrected chi connectivity index (χ3v) is 2.65. The van der Waals surface area contributed by atoms with Crippen LogP contribution in [0.1, 0.15) is 13.3 Å². The molecule has 0 radical (unpaired) electrons. The van der Waals surface area contributed by atoms with Gasteiger partial charge in [0.2, 0.25) is 5.91 Å². The van der Waals surface area contributed by atoms with Crippen LogP contribution in [-0.4, -0.2) is 32.1 Å². The summed E-state index contributed by atoms with van der Waals surface area (Å²) in [7, 11) is 1.81. The highest BCUT2D eigenvalue weighted by molar-refractivity contribution is 5.92. The molecule has 3 N–H and O–H groups in total. The van der Waals surface area contributed by atoms with E-state index in [2.05, 4.69) is 22.5 Å². The van der Waals surface area contributed by atoms with Gasteiger partial charge in [0.05, 0.1) is 0 Å². The minimum atomic E-state index is -0.515. The van der Waals surface area contributed by atoms with Crippen molar-refractivity contribution in [2.75, 3.05) is 25.5 Å². The number of hydrogen-bond donors (Lipinski definition) is 3. The maximum atomic E-state index is 11.5. The van der Waals surface area contributed by atoms with Crippen LogP contribution in [0.2, 0.25) is 0 Å². The molecule has 0 atom stereocenters. The highest BCUT2D eigenvalue weighted by atomic mass is 16.6. The Balaban J connectivity index is 2.19. The standard InChI is InChI=1S/C15H21N3O3/c1-11(2)14(19)17-9-4-10-18-15(20)21-13-7-5-12(16-3)6-8-13/h5-8,16H,1,4,9-10H2,2-3H3,(H,17,19)(H,18,20). The molecule has 0 aliphatic carbocycles. The molecule has 0 aliphatic heterocycles. The Morgan fingerprint density at radius 2 is 1.76 bits per heavy atom. The summed E-state index contributed by atoms with van der Waals surface area (Å²) < 4.78 is 5.10. The predicted octanol–water partition coefficient (Wildman–Crippen LogP) is 1.90. The lowest BCUT2D eigenvalue weighted by molar-refractivity contribution is -0.117. The van der Waals surface area contributed by atoms with Gasteiger partial charge in [-0.1, -0.05) is 6.58 Å². The minimum Gasteiger partial charge on any atom is -0.410 e. The summed E-state index contributed by atoms with van der Waals surface area (Å²) in [5, 5.41) is 8.27. The molecule has 1 aromatic rings. The summed E-state index contributed by atoms with van der Waals surface area (Å²) in [4.78, 5) is 22.7. The van der Waals surface area contributed by atoms with Crippen molar-refractivity contribution in [3.63, 3.8) is 0 Å². The number of nitrogens with one attached hydrogen (secondary N) is 3. The van der Waals surface area contributed by atoms with Crippen LogP contribution in [0.3, 0.4) is 0 Å². The summed E-state index contributed by atoms with van der Waals surface area (Å²) in [6.45, 7) is 6.07. The molecule has 6 nitrogen and oxygen atoms in total. The zero-order chi connectivity index (χ0) is 15.7. The third kappa shape index (κ3) is 6.47. The van der Waals surface area contributed by atoms with Crippen molar-refractivity contribution < 1.29 is 14.3 Å². The number of rotatable bonds is 7. The van der Waals surface area contributed by atoms with Gasteiger partial charge in [-0.05, 0) is 37.6 Å². The van der Waals surface area contributed by atoms with Crippen LogP contribution in [0.15, 0.2) is 36.4 Å². The summed E-state index contributed by atoms with van der Waals surface area (Å²) in [5.74, 6) is 0.296. The van der Waals surface area contributed by atoms with Gasteiger partial charge in [-0.15, -0.1) is 0 Å². The van der Waals surface area contributed by atoms with Crippen molar-refractivity contribution in [2.24, 2.45) is 0 Å². The van der Waals surface area contributed by atoms with Crippen molar-refractivity contribution in [2.45, 2.75) is 13.3 Å². The van der Waals surface area contributed by atoms with Gasteiger partial charge in [0.25, 0.3) is 0 Å². The highest BCUT2D eigenvalue weighted by Gasteiger charge is 2.04. The molecule has 6 heteroatoms. The molecule has 0 fully saturated rings. The second-order valence-corrected chi connectivity index (χ2v) is 4.48. The normalized spacial score (nSPS) is 9.62. The molecule has 0 spiro atoms. The molecule has 2 amide bonds. The maximum Gasteiger partial charge on any atom is 0.412 e. The molecule has 0 aromatic heterocycles. The van der Waals surface area contributed by atoms with Crippen LogP contribution in [0.25, 0.3) is 0 Å². The number of hydrogen-bond acceptors (Lipinski definition) is 4. The Kier molecular flexibility index (Phi) is 6.80. The molecule has 0 unspecified atom stereocenters. The number of anilines is 1. The Morgan fingerprint density at radius 1 is 1.14 bits per heavy atom. The first-order valence-corrected chi connectivity index (χ1v) is 6.70. The Morgan fingerprint density at radius 3 is 2.33 bits per heavy atom. The zero-order valence-electron chi connectivity index (χ0n) is 12.4. The number of benzene rings is 1. The summed E-state index contributed by atoms with van der Waals surface area (Å²) in [5.41, 5.74) is 1.41. The van der Waals surface area contributed by atoms with E-state index in [4.69, 9.17) is 4.74 Å². The van der Waals surface area contributed by atoms with E-state index >= 15 is 0 Å². The lowest BCUT2D eigenvalue weighted by Gasteiger charge is -2.08. The van der Waals surface area contributed by atoms with Gasteiger partial charge in [0.1, 0.15) is 5.75 Å². The first-order chi connectivity index (χ1) is 10.0. The van der Waals surface area contributed by atoms with Crippen LogP contribution < -0.4 is 20.7 Å². The Bertz CT molecular complexity index is 497.